The van der Waals surface area contributed by atoms with Crippen molar-refractivity contribution >= 4 is 17.6 Å². The average molecular weight is 327 g/mol. The second kappa shape index (κ2) is 7.12. The summed E-state index contributed by atoms with van der Waals surface area (Å²) in [6.45, 7) is 0.768. The first-order valence-corrected chi connectivity index (χ1v) is 7.79. The maximum Gasteiger partial charge on any atom is 0.315 e. The first-order chi connectivity index (χ1) is 11.6. The number of hydrogen-bond acceptors (Lipinski definition) is 2. The van der Waals surface area contributed by atoms with Crippen molar-refractivity contribution in [2.45, 2.75) is 19.0 Å². The fraction of sp³-hybridized carbons (Fsp3) is 0.222. The topological polar surface area (TPSA) is 61.4 Å². The van der Waals surface area contributed by atoms with Crippen LogP contribution in [0.3, 0.4) is 0 Å². The predicted octanol–water partition coefficient (Wildman–Crippen LogP) is 2.43. The fourth-order valence-corrected chi connectivity index (χ4v) is 2.72. The Balaban J connectivity index is 1.53. The van der Waals surface area contributed by atoms with Gasteiger partial charge >= 0.3 is 6.03 Å². The van der Waals surface area contributed by atoms with Gasteiger partial charge in [-0.05, 0) is 36.2 Å². The monoisotopic (exact) mass is 327 g/mol. The second-order valence-corrected chi connectivity index (χ2v) is 5.62. The highest BCUT2D eigenvalue weighted by molar-refractivity contribution is 6.01. The largest absolute Gasteiger partial charge is 0.334 e. The van der Waals surface area contributed by atoms with E-state index in [1.807, 2.05) is 30.3 Å². The summed E-state index contributed by atoms with van der Waals surface area (Å²) in [5.41, 5.74) is 1.49. The van der Waals surface area contributed by atoms with Gasteiger partial charge in [-0.15, -0.1) is 0 Å². The van der Waals surface area contributed by atoms with E-state index in [0.717, 1.165) is 5.69 Å². The Morgan fingerprint density at radius 2 is 1.96 bits per heavy atom. The van der Waals surface area contributed by atoms with Crippen molar-refractivity contribution < 1.29 is 14.0 Å². The summed E-state index contributed by atoms with van der Waals surface area (Å²) in [5.74, 6) is -0.471. The van der Waals surface area contributed by atoms with Crippen molar-refractivity contribution in [3.8, 4) is 0 Å². The van der Waals surface area contributed by atoms with Gasteiger partial charge in [-0.1, -0.05) is 30.3 Å². The number of hydrogen-bond donors (Lipinski definition) is 2. The fourth-order valence-electron chi connectivity index (χ4n) is 2.72. The van der Waals surface area contributed by atoms with E-state index in [1.165, 1.54) is 12.1 Å². The minimum absolute atomic E-state index is 0.123. The molecule has 1 atom stereocenters. The molecule has 1 unspecified atom stereocenters. The summed E-state index contributed by atoms with van der Waals surface area (Å²) in [6, 6.07) is 14.4. The molecule has 0 aromatic heterocycles. The zero-order chi connectivity index (χ0) is 16.9. The number of benzene rings is 2. The quantitative estimate of drug-likeness (QED) is 0.906. The third-order valence-corrected chi connectivity index (χ3v) is 3.92. The Kier molecular flexibility index (Phi) is 4.74. The highest BCUT2D eigenvalue weighted by atomic mass is 19.1. The molecule has 24 heavy (non-hydrogen) atoms. The molecule has 0 saturated carbocycles. The highest BCUT2D eigenvalue weighted by Crippen LogP contribution is 2.20. The molecule has 0 radical (unpaired) electrons. The van der Waals surface area contributed by atoms with Crippen molar-refractivity contribution in [2.24, 2.45) is 0 Å². The van der Waals surface area contributed by atoms with Crippen LogP contribution in [0.2, 0.25) is 0 Å². The Hall–Kier alpha value is -2.89. The number of para-hydroxylation sites is 1. The maximum atomic E-state index is 13.1. The van der Waals surface area contributed by atoms with Crippen LogP contribution in [-0.2, 0) is 11.3 Å². The van der Waals surface area contributed by atoms with E-state index in [-0.39, 0.29) is 18.3 Å². The number of amides is 3. The number of rotatable bonds is 4. The summed E-state index contributed by atoms with van der Waals surface area (Å²) in [6.07, 6.45) is 0.557. The van der Waals surface area contributed by atoms with Gasteiger partial charge in [0.1, 0.15) is 11.9 Å². The molecular formula is C18H18FN3O2. The van der Waals surface area contributed by atoms with Crippen LogP contribution >= 0.6 is 0 Å². The van der Waals surface area contributed by atoms with E-state index < -0.39 is 12.1 Å². The normalized spacial score (nSPS) is 17.0. The SMILES string of the molecule is O=C(NCc1cccc(F)c1)NC1CCN(c2ccccc2)C1=O. The minimum Gasteiger partial charge on any atom is -0.334 e. The molecular weight excluding hydrogens is 309 g/mol. The van der Waals surface area contributed by atoms with Crippen LogP contribution in [0, 0.1) is 5.82 Å². The van der Waals surface area contributed by atoms with Crippen molar-refractivity contribution in [1.29, 1.82) is 0 Å². The summed E-state index contributed by atoms with van der Waals surface area (Å²) < 4.78 is 13.1. The third kappa shape index (κ3) is 3.71. The summed E-state index contributed by atoms with van der Waals surface area (Å²) >= 11 is 0. The Morgan fingerprint density at radius 3 is 2.71 bits per heavy atom. The van der Waals surface area contributed by atoms with Crippen molar-refractivity contribution in [3.63, 3.8) is 0 Å². The third-order valence-electron chi connectivity index (χ3n) is 3.92. The number of halogens is 1. The molecule has 2 N–H and O–H groups in total. The summed E-state index contributed by atoms with van der Waals surface area (Å²) in [4.78, 5) is 26.0. The number of carbonyl (C=O) groups excluding carboxylic acids is 2. The lowest BCUT2D eigenvalue weighted by Crippen LogP contribution is -2.45. The van der Waals surface area contributed by atoms with E-state index in [1.54, 1.807) is 17.0 Å². The molecule has 1 aliphatic heterocycles. The van der Waals surface area contributed by atoms with Gasteiger partial charge in [-0.25, -0.2) is 9.18 Å². The number of anilines is 1. The molecule has 5 nitrogen and oxygen atoms in total. The first kappa shape index (κ1) is 16.0. The van der Waals surface area contributed by atoms with Gasteiger partial charge < -0.3 is 15.5 Å². The standard InChI is InChI=1S/C18H18FN3O2/c19-14-6-4-5-13(11-14)12-20-18(24)21-16-9-10-22(17(16)23)15-7-2-1-3-8-15/h1-8,11,16H,9-10,12H2,(H2,20,21,24). The van der Waals surface area contributed by atoms with E-state index in [4.69, 9.17) is 0 Å². The van der Waals surface area contributed by atoms with Crippen molar-refractivity contribution in [1.82, 2.24) is 10.6 Å². The van der Waals surface area contributed by atoms with Gasteiger partial charge in [0.2, 0.25) is 5.91 Å². The van der Waals surface area contributed by atoms with E-state index in [2.05, 4.69) is 10.6 Å². The van der Waals surface area contributed by atoms with Crippen LogP contribution in [0.4, 0.5) is 14.9 Å². The van der Waals surface area contributed by atoms with Gasteiger partial charge in [0, 0.05) is 18.8 Å². The molecule has 1 heterocycles. The summed E-state index contributed by atoms with van der Waals surface area (Å²) in [7, 11) is 0. The van der Waals surface area contributed by atoms with Gasteiger partial charge in [-0.3, -0.25) is 4.79 Å². The highest BCUT2D eigenvalue weighted by Gasteiger charge is 2.33. The molecule has 6 heteroatoms. The lowest BCUT2D eigenvalue weighted by Gasteiger charge is -2.17. The van der Waals surface area contributed by atoms with Crippen LogP contribution in [0.25, 0.3) is 0 Å². The van der Waals surface area contributed by atoms with Crippen molar-refractivity contribution in [3.05, 3.63) is 66.0 Å². The molecule has 0 aliphatic carbocycles. The molecule has 124 valence electrons. The first-order valence-electron chi connectivity index (χ1n) is 7.79. The van der Waals surface area contributed by atoms with Gasteiger partial charge in [0.25, 0.3) is 0 Å². The van der Waals surface area contributed by atoms with Gasteiger partial charge in [0.05, 0.1) is 0 Å². The molecule has 1 fully saturated rings. The molecule has 0 bridgehead atoms. The molecule has 2 aromatic rings. The van der Waals surface area contributed by atoms with Crippen LogP contribution in [0.5, 0.6) is 0 Å². The number of nitrogens with one attached hydrogen (secondary N) is 2. The van der Waals surface area contributed by atoms with Crippen LogP contribution in [0.1, 0.15) is 12.0 Å². The smallest absolute Gasteiger partial charge is 0.315 e. The van der Waals surface area contributed by atoms with E-state index >= 15 is 0 Å². The summed E-state index contributed by atoms with van der Waals surface area (Å²) in [5, 5.41) is 5.32. The second-order valence-electron chi connectivity index (χ2n) is 5.62. The molecule has 3 rings (SSSR count). The van der Waals surface area contributed by atoms with E-state index in [9.17, 15) is 14.0 Å². The van der Waals surface area contributed by atoms with Crippen molar-refractivity contribution in [2.75, 3.05) is 11.4 Å². The van der Waals surface area contributed by atoms with Crippen LogP contribution in [-0.4, -0.2) is 24.5 Å². The van der Waals surface area contributed by atoms with Crippen LogP contribution in [0.15, 0.2) is 54.6 Å². The molecule has 1 saturated heterocycles. The molecule has 1 aliphatic rings. The zero-order valence-electron chi connectivity index (χ0n) is 13.0. The Morgan fingerprint density at radius 1 is 1.17 bits per heavy atom. The maximum absolute atomic E-state index is 13.1. The minimum atomic E-state index is -0.544. The number of urea groups is 1. The van der Waals surface area contributed by atoms with E-state index in [0.29, 0.717) is 18.5 Å². The Labute approximate surface area is 139 Å². The van der Waals surface area contributed by atoms with Crippen LogP contribution < -0.4 is 15.5 Å². The zero-order valence-corrected chi connectivity index (χ0v) is 13.0. The Bertz CT molecular complexity index is 736. The van der Waals surface area contributed by atoms with Gasteiger partial charge in [0.15, 0.2) is 0 Å². The predicted molar refractivity (Wildman–Crippen MR) is 89.0 cm³/mol. The molecule has 0 spiro atoms. The van der Waals surface area contributed by atoms with Gasteiger partial charge in [-0.2, -0.15) is 0 Å². The molecule has 2 aromatic carbocycles. The average Bonchev–Trinajstić information content (AvgIpc) is 2.95. The molecule has 3 amide bonds. The number of nitrogens with zero attached hydrogens (tertiary/aromatic N) is 1. The lowest BCUT2D eigenvalue weighted by molar-refractivity contribution is -0.118. The lowest BCUT2D eigenvalue weighted by atomic mass is 10.2. The number of carbonyl (C=O) groups is 2.